The Morgan fingerprint density at radius 3 is 2.62 bits per heavy atom. The number of hydrogen-bond acceptors (Lipinski definition) is 6. The van der Waals surface area contributed by atoms with Crippen LogP contribution in [0.2, 0.25) is 0 Å². The van der Waals surface area contributed by atoms with Crippen LogP contribution in [-0.2, 0) is 6.54 Å². The fourth-order valence-corrected chi connectivity index (χ4v) is 2.52. The number of aromatic nitrogens is 2. The first-order chi connectivity index (χ1) is 11.4. The zero-order valence-corrected chi connectivity index (χ0v) is 13.9. The number of aliphatic hydroxyl groups excluding tert-OH is 2. The van der Waals surface area contributed by atoms with Gasteiger partial charge in [0.05, 0.1) is 17.1 Å². The average Bonchev–Trinajstić information content (AvgIpc) is 2.55. The van der Waals surface area contributed by atoms with Gasteiger partial charge < -0.3 is 26.4 Å². The largest absolute Gasteiger partial charge is 0.396 e. The summed E-state index contributed by atoms with van der Waals surface area (Å²) >= 11 is 0. The number of rotatable bonds is 6. The Labute approximate surface area is 139 Å². The van der Waals surface area contributed by atoms with E-state index in [-0.39, 0.29) is 31.1 Å². The second-order valence-corrected chi connectivity index (χ2v) is 5.81. The molecule has 2 aromatic rings. The molecular weight excluding hydrogens is 310 g/mol. The fraction of sp³-hybridized carbons (Fsp3) is 0.438. The highest BCUT2D eigenvalue weighted by atomic mass is 16.3. The van der Waals surface area contributed by atoms with Gasteiger partial charge >= 0.3 is 0 Å². The molecule has 0 saturated carbocycles. The molecule has 1 aromatic carbocycles. The summed E-state index contributed by atoms with van der Waals surface area (Å²) in [6, 6.07) is 3.76. The molecule has 0 amide bonds. The van der Waals surface area contributed by atoms with Crippen molar-refractivity contribution in [2.24, 2.45) is 16.7 Å². The minimum atomic E-state index is -0.694. The molecule has 0 spiro atoms. The van der Waals surface area contributed by atoms with Gasteiger partial charge in [-0.15, -0.1) is 0 Å². The zero-order chi connectivity index (χ0) is 17.9. The van der Waals surface area contributed by atoms with E-state index in [0.29, 0.717) is 17.5 Å². The number of hydrazone groups is 1. The molecule has 1 atom stereocenters. The third-order valence-electron chi connectivity index (χ3n) is 4.09. The first-order valence-corrected chi connectivity index (χ1v) is 7.73. The molecule has 2 rings (SSSR count). The van der Waals surface area contributed by atoms with Crippen molar-refractivity contribution in [2.45, 2.75) is 39.3 Å². The molecule has 0 saturated heterocycles. The van der Waals surface area contributed by atoms with Crippen LogP contribution in [0.25, 0.3) is 11.0 Å². The number of nitrogens with two attached hydrogens (primary N) is 2. The molecule has 130 valence electrons. The van der Waals surface area contributed by atoms with E-state index in [2.05, 4.69) is 10.1 Å². The van der Waals surface area contributed by atoms with Crippen LogP contribution >= 0.6 is 0 Å². The van der Waals surface area contributed by atoms with E-state index in [1.54, 1.807) is 0 Å². The van der Waals surface area contributed by atoms with Gasteiger partial charge in [0.2, 0.25) is 0 Å². The summed E-state index contributed by atoms with van der Waals surface area (Å²) in [5.74, 6) is 5.06. The summed E-state index contributed by atoms with van der Waals surface area (Å²) in [5, 5.41) is 22.1. The molecule has 0 radical (unpaired) electrons. The molecule has 6 N–H and O–H groups in total. The molecule has 0 aliphatic heterocycles. The van der Waals surface area contributed by atoms with Crippen molar-refractivity contribution in [3.63, 3.8) is 0 Å². The van der Waals surface area contributed by atoms with Gasteiger partial charge in [0.25, 0.3) is 5.56 Å². The molecule has 1 aromatic heterocycles. The van der Waals surface area contributed by atoms with E-state index < -0.39 is 11.7 Å². The molecule has 0 fully saturated rings. The van der Waals surface area contributed by atoms with E-state index >= 15 is 0 Å². The van der Waals surface area contributed by atoms with Crippen LogP contribution in [0.5, 0.6) is 0 Å². The first-order valence-electron chi connectivity index (χ1n) is 7.73. The van der Waals surface area contributed by atoms with E-state index in [1.165, 1.54) is 4.57 Å². The standard InChI is InChI=1S/C16H23N5O3/c1-9-7-12-13(8-10(9)2)21(5-3-11(23)4-6-22)16(24)14(19-12)15(17)20-18/h7-8,11,22-23H,3-6,18H2,1-2H3,(H2,17,20). The van der Waals surface area contributed by atoms with Gasteiger partial charge in [0, 0.05) is 13.2 Å². The van der Waals surface area contributed by atoms with Crippen molar-refractivity contribution >= 4 is 16.9 Å². The predicted octanol–water partition coefficient (Wildman–Crippen LogP) is -0.274. The summed E-state index contributed by atoms with van der Waals surface area (Å²) in [7, 11) is 0. The fourth-order valence-electron chi connectivity index (χ4n) is 2.52. The number of hydrogen-bond donors (Lipinski definition) is 4. The van der Waals surface area contributed by atoms with Crippen LogP contribution in [0.15, 0.2) is 22.0 Å². The van der Waals surface area contributed by atoms with E-state index in [4.69, 9.17) is 16.7 Å². The van der Waals surface area contributed by atoms with Crippen LogP contribution < -0.4 is 17.1 Å². The minimum Gasteiger partial charge on any atom is -0.396 e. The summed E-state index contributed by atoms with van der Waals surface area (Å²) in [6.45, 7) is 4.07. The molecular formula is C16H23N5O3. The molecule has 24 heavy (non-hydrogen) atoms. The van der Waals surface area contributed by atoms with Gasteiger partial charge in [-0.2, -0.15) is 5.10 Å². The van der Waals surface area contributed by atoms with E-state index in [9.17, 15) is 9.90 Å². The van der Waals surface area contributed by atoms with Crippen molar-refractivity contribution in [1.82, 2.24) is 9.55 Å². The summed E-state index contributed by atoms with van der Waals surface area (Å²) in [4.78, 5) is 17.0. The SMILES string of the molecule is Cc1cc2nc(/C(N)=N/N)c(=O)n(CCC(O)CCO)c2cc1C. The van der Waals surface area contributed by atoms with Gasteiger partial charge in [0.1, 0.15) is 0 Å². The van der Waals surface area contributed by atoms with Crippen LogP contribution in [-0.4, -0.2) is 38.3 Å². The molecule has 8 nitrogen and oxygen atoms in total. The minimum absolute atomic E-state index is 0.00935. The summed E-state index contributed by atoms with van der Waals surface area (Å²) < 4.78 is 1.52. The summed E-state index contributed by atoms with van der Waals surface area (Å²) in [6.07, 6.45) is -0.110. The third kappa shape index (κ3) is 3.55. The number of amidine groups is 1. The zero-order valence-electron chi connectivity index (χ0n) is 13.9. The molecule has 8 heteroatoms. The highest BCUT2D eigenvalue weighted by molar-refractivity contribution is 5.96. The molecule has 0 aliphatic carbocycles. The lowest BCUT2D eigenvalue weighted by molar-refractivity contribution is 0.121. The van der Waals surface area contributed by atoms with Gasteiger partial charge in [-0.3, -0.25) is 4.79 Å². The lowest BCUT2D eigenvalue weighted by Gasteiger charge is -2.15. The number of fused-ring (bicyclic) bond motifs is 1. The Morgan fingerprint density at radius 2 is 2.00 bits per heavy atom. The maximum Gasteiger partial charge on any atom is 0.280 e. The Hall–Kier alpha value is -2.45. The number of aryl methyl sites for hydroxylation is 3. The van der Waals surface area contributed by atoms with Gasteiger partial charge in [-0.05, 0) is 49.9 Å². The number of nitrogens with zero attached hydrogens (tertiary/aromatic N) is 3. The Balaban J connectivity index is 2.62. The van der Waals surface area contributed by atoms with Gasteiger partial charge in [-0.25, -0.2) is 4.98 Å². The van der Waals surface area contributed by atoms with Crippen LogP contribution in [0.4, 0.5) is 0 Å². The van der Waals surface area contributed by atoms with Crippen molar-refractivity contribution in [3.8, 4) is 0 Å². The summed E-state index contributed by atoms with van der Waals surface area (Å²) in [5.41, 5.74) is 8.61. The topological polar surface area (TPSA) is 140 Å². The lowest BCUT2D eigenvalue weighted by Crippen LogP contribution is -2.33. The maximum atomic E-state index is 12.7. The van der Waals surface area contributed by atoms with E-state index in [0.717, 1.165) is 11.1 Å². The highest BCUT2D eigenvalue weighted by Gasteiger charge is 2.16. The number of benzene rings is 1. The van der Waals surface area contributed by atoms with Crippen molar-refractivity contribution in [1.29, 1.82) is 0 Å². The van der Waals surface area contributed by atoms with Crippen LogP contribution in [0.3, 0.4) is 0 Å². The number of aliphatic hydroxyl groups is 2. The van der Waals surface area contributed by atoms with Crippen molar-refractivity contribution in [3.05, 3.63) is 39.3 Å². The second kappa shape index (κ2) is 7.41. The first kappa shape index (κ1) is 17.9. The average molecular weight is 333 g/mol. The third-order valence-corrected chi connectivity index (χ3v) is 4.09. The molecule has 1 heterocycles. The second-order valence-electron chi connectivity index (χ2n) is 5.81. The van der Waals surface area contributed by atoms with Gasteiger partial charge in [0.15, 0.2) is 11.5 Å². The van der Waals surface area contributed by atoms with E-state index in [1.807, 2.05) is 26.0 Å². The maximum absolute atomic E-state index is 12.7. The molecule has 0 aliphatic rings. The Bertz CT molecular complexity index is 829. The lowest BCUT2D eigenvalue weighted by atomic mass is 10.1. The van der Waals surface area contributed by atoms with Crippen LogP contribution in [0, 0.1) is 13.8 Å². The van der Waals surface area contributed by atoms with Crippen LogP contribution in [0.1, 0.15) is 29.7 Å². The molecule has 0 bridgehead atoms. The Morgan fingerprint density at radius 1 is 1.33 bits per heavy atom. The van der Waals surface area contributed by atoms with Crippen molar-refractivity contribution < 1.29 is 10.2 Å². The van der Waals surface area contributed by atoms with Gasteiger partial charge in [-0.1, -0.05) is 0 Å². The normalized spacial score (nSPS) is 13.4. The highest BCUT2D eigenvalue weighted by Crippen LogP contribution is 2.17. The smallest absolute Gasteiger partial charge is 0.280 e. The quantitative estimate of drug-likeness (QED) is 0.248. The monoisotopic (exact) mass is 333 g/mol. The Kier molecular flexibility index (Phi) is 5.53. The predicted molar refractivity (Wildman–Crippen MR) is 92.7 cm³/mol. The molecule has 1 unspecified atom stereocenters. The van der Waals surface area contributed by atoms with Crippen molar-refractivity contribution in [2.75, 3.05) is 6.61 Å².